The lowest BCUT2D eigenvalue weighted by Crippen LogP contribution is -2.49. The maximum Gasteiger partial charge on any atom is 0.155 e. The largest absolute Gasteiger partial charge is 0.295 e. The van der Waals surface area contributed by atoms with Crippen molar-refractivity contribution in [2.75, 3.05) is 0 Å². The van der Waals surface area contributed by atoms with Gasteiger partial charge in [-0.2, -0.15) is 5.26 Å². The van der Waals surface area contributed by atoms with Crippen LogP contribution in [-0.4, -0.2) is 5.78 Å². The monoisotopic (exact) mass is 311 g/mol. The van der Waals surface area contributed by atoms with E-state index in [0.29, 0.717) is 11.7 Å². The van der Waals surface area contributed by atoms with Crippen LogP contribution in [0.2, 0.25) is 0 Å². The SMILES string of the molecule is CCC1CC2=CC(=O)CCC2C2CCC3(C)C(C#N)CCC3C12. The molecule has 0 radical (unpaired) electrons. The average Bonchev–Trinajstić information content (AvgIpc) is 2.89. The van der Waals surface area contributed by atoms with Crippen LogP contribution in [0.4, 0.5) is 0 Å². The second-order valence-corrected chi connectivity index (χ2v) is 8.85. The molecule has 0 heterocycles. The zero-order chi connectivity index (χ0) is 16.2. The molecule has 4 aliphatic carbocycles. The topological polar surface area (TPSA) is 40.9 Å². The highest BCUT2D eigenvalue weighted by molar-refractivity contribution is 5.91. The summed E-state index contributed by atoms with van der Waals surface area (Å²) in [6.07, 6.45) is 11.1. The summed E-state index contributed by atoms with van der Waals surface area (Å²) in [5, 5.41) is 9.61. The van der Waals surface area contributed by atoms with E-state index in [0.717, 1.165) is 49.4 Å². The highest BCUT2D eigenvalue weighted by atomic mass is 16.1. The van der Waals surface area contributed by atoms with Crippen LogP contribution >= 0.6 is 0 Å². The van der Waals surface area contributed by atoms with Crippen LogP contribution in [0, 0.1) is 52.3 Å². The Hall–Kier alpha value is -1.10. The minimum absolute atomic E-state index is 0.259. The molecule has 0 N–H and O–H groups in total. The number of fused-ring (bicyclic) bond motifs is 5. The van der Waals surface area contributed by atoms with Gasteiger partial charge in [-0.25, -0.2) is 0 Å². The van der Waals surface area contributed by atoms with E-state index in [9.17, 15) is 10.1 Å². The maximum absolute atomic E-state index is 11.9. The number of hydrogen-bond acceptors (Lipinski definition) is 2. The molecule has 3 fully saturated rings. The highest BCUT2D eigenvalue weighted by Crippen LogP contribution is 2.65. The third kappa shape index (κ3) is 2.15. The molecular weight excluding hydrogens is 282 g/mol. The fourth-order valence-corrected chi connectivity index (χ4v) is 7.01. The Kier molecular flexibility index (Phi) is 3.67. The molecule has 0 bridgehead atoms. The first-order chi connectivity index (χ1) is 11.1. The van der Waals surface area contributed by atoms with Crippen molar-refractivity contribution >= 4 is 5.78 Å². The zero-order valence-electron chi connectivity index (χ0n) is 14.6. The molecule has 4 rings (SSSR count). The van der Waals surface area contributed by atoms with Crippen molar-refractivity contribution in [2.24, 2.45) is 40.9 Å². The minimum atomic E-state index is 0.259. The van der Waals surface area contributed by atoms with Gasteiger partial charge in [-0.1, -0.05) is 25.8 Å². The van der Waals surface area contributed by atoms with Gasteiger partial charge in [0.05, 0.1) is 12.0 Å². The van der Waals surface area contributed by atoms with E-state index in [1.807, 2.05) is 6.08 Å². The van der Waals surface area contributed by atoms with Crippen LogP contribution in [-0.2, 0) is 4.79 Å². The molecule has 0 aromatic rings. The molecule has 2 heteroatoms. The van der Waals surface area contributed by atoms with E-state index in [1.54, 1.807) is 0 Å². The third-order valence-electron chi connectivity index (χ3n) is 8.15. The molecule has 0 aromatic carbocycles. The number of nitriles is 1. The summed E-state index contributed by atoms with van der Waals surface area (Å²) in [4.78, 5) is 11.9. The predicted octanol–water partition coefficient (Wildman–Crippen LogP) is 4.90. The molecular formula is C21H29NO. The van der Waals surface area contributed by atoms with Crippen molar-refractivity contribution < 1.29 is 4.79 Å². The molecule has 0 spiro atoms. The van der Waals surface area contributed by atoms with E-state index < -0.39 is 0 Å². The van der Waals surface area contributed by atoms with E-state index >= 15 is 0 Å². The first-order valence-corrected chi connectivity index (χ1v) is 9.71. The lowest BCUT2D eigenvalue weighted by molar-refractivity contribution is -0.116. The molecule has 0 aromatic heterocycles. The van der Waals surface area contributed by atoms with Crippen LogP contribution in [0.5, 0.6) is 0 Å². The van der Waals surface area contributed by atoms with Gasteiger partial charge in [0.2, 0.25) is 0 Å². The zero-order valence-corrected chi connectivity index (χ0v) is 14.6. The Morgan fingerprint density at radius 2 is 2.13 bits per heavy atom. The first kappa shape index (κ1) is 15.4. The van der Waals surface area contributed by atoms with E-state index in [2.05, 4.69) is 19.9 Å². The number of allylic oxidation sites excluding steroid dienone is 1. The number of carbonyl (C=O) groups is 1. The van der Waals surface area contributed by atoms with Crippen LogP contribution in [0.15, 0.2) is 11.6 Å². The van der Waals surface area contributed by atoms with Gasteiger partial charge < -0.3 is 0 Å². The minimum Gasteiger partial charge on any atom is -0.295 e. The number of hydrogen-bond donors (Lipinski definition) is 0. The first-order valence-electron chi connectivity index (χ1n) is 9.71. The standard InChI is InChI=1S/C21H29NO/c1-3-13-10-14-11-16(23)5-6-17(14)18-8-9-21(2)15(12-22)4-7-19(21)20(13)18/h11,13,15,17-20H,3-10H2,1-2H3. The summed E-state index contributed by atoms with van der Waals surface area (Å²) >= 11 is 0. The molecule has 0 amide bonds. The highest BCUT2D eigenvalue weighted by Gasteiger charge is 2.58. The number of rotatable bonds is 1. The van der Waals surface area contributed by atoms with Crippen molar-refractivity contribution in [1.29, 1.82) is 5.26 Å². The third-order valence-corrected chi connectivity index (χ3v) is 8.15. The van der Waals surface area contributed by atoms with E-state index in [-0.39, 0.29) is 11.3 Å². The van der Waals surface area contributed by atoms with E-state index in [1.165, 1.54) is 31.3 Å². The number of carbonyl (C=O) groups excluding carboxylic acids is 1. The predicted molar refractivity (Wildman–Crippen MR) is 90.4 cm³/mol. The van der Waals surface area contributed by atoms with Gasteiger partial charge in [-0.15, -0.1) is 0 Å². The van der Waals surface area contributed by atoms with Gasteiger partial charge in [-0.3, -0.25) is 4.79 Å². The molecule has 2 nitrogen and oxygen atoms in total. The summed E-state index contributed by atoms with van der Waals surface area (Å²) < 4.78 is 0. The molecule has 124 valence electrons. The molecule has 4 aliphatic rings. The molecule has 0 saturated heterocycles. The molecule has 23 heavy (non-hydrogen) atoms. The Morgan fingerprint density at radius 1 is 1.30 bits per heavy atom. The molecule has 0 aliphatic heterocycles. The van der Waals surface area contributed by atoms with Crippen molar-refractivity contribution in [3.63, 3.8) is 0 Å². The van der Waals surface area contributed by atoms with Gasteiger partial charge in [-0.05, 0) is 79.6 Å². The Labute approximate surface area is 140 Å². The molecule has 7 unspecified atom stereocenters. The summed E-state index contributed by atoms with van der Waals surface area (Å²) in [7, 11) is 0. The summed E-state index contributed by atoms with van der Waals surface area (Å²) in [5.74, 6) is 4.36. The fourth-order valence-electron chi connectivity index (χ4n) is 7.01. The quantitative estimate of drug-likeness (QED) is 0.690. The second-order valence-electron chi connectivity index (χ2n) is 8.85. The smallest absolute Gasteiger partial charge is 0.155 e. The Balaban J connectivity index is 1.70. The van der Waals surface area contributed by atoms with Crippen LogP contribution in [0.1, 0.15) is 65.2 Å². The summed E-state index contributed by atoms with van der Waals surface area (Å²) in [5.41, 5.74) is 1.74. The van der Waals surface area contributed by atoms with Gasteiger partial charge in [0.15, 0.2) is 5.78 Å². The maximum atomic E-state index is 11.9. The van der Waals surface area contributed by atoms with Gasteiger partial charge >= 0.3 is 0 Å². The average molecular weight is 311 g/mol. The Morgan fingerprint density at radius 3 is 2.87 bits per heavy atom. The van der Waals surface area contributed by atoms with Crippen molar-refractivity contribution in [1.82, 2.24) is 0 Å². The van der Waals surface area contributed by atoms with Crippen molar-refractivity contribution in [2.45, 2.75) is 65.2 Å². The summed E-state index contributed by atoms with van der Waals surface area (Å²) in [6, 6.07) is 2.64. The van der Waals surface area contributed by atoms with E-state index in [4.69, 9.17) is 0 Å². The van der Waals surface area contributed by atoms with Gasteiger partial charge in [0.25, 0.3) is 0 Å². The fraction of sp³-hybridized carbons (Fsp3) is 0.810. The normalized spacial score (nSPS) is 48.7. The van der Waals surface area contributed by atoms with Crippen LogP contribution in [0.3, 0.4) is 0 Å². The lowest BCUT2D eigenvalue weighted by atomic mass is 9.48. The Bertz CT molecular complexity index is 585. The van der Waals surface area contributed by atoms with Crippen molar-refractivity contribution in [3.8, 4) is 6.07 Å². The summed E-state index contributed by atoms with van der Waals surface area (Å²) in [6.45, 7) is 4.74. The van der Waals surface area contributed by atoms with Crippen LogP contribution in [0.25, 0.3) is 0 Å². The van der Waals surface area contributed by atoms with Crippen LogP contribution < -0.4 is 0 Å². The molecule has 7 atom stereocenters. The molecule has 3 saturated carbocycles. The lowest BCUT2D eigenvalue weighted by Gasteiger charge is -2.56. The van der Waals surface area contributed by atoms with Gasteiger partial charge in [0.1, 0.15) is 0 Å². The number of ketones is 1. The second kappa shape index (κ2) is 5.47. The number of nitrogens with zero attached hydrogens (tertiary/aromatic N) is 1. The van der Waals surface area contributed by atoms with Crippen molar-refractivity contribution in [3.05, 3.63) is 11.6 Å². The van der Waals surface area contributed by atoms with Gasteiger partial charge in [0, 0.05) is 6.42 Å².